The molecule has 0 aliphatic heterocycles. The average Bonchev–Trinajstić information content (AvgIpc) is 1.54. The molecule has 0 amide bonds. The predicted molar refractivity (Wildman–Crippen MR) is 440 cm³/mol. The molecule has 106 heavy (non-hydrogen) atoms. The van der Waals surface area contributed by atoms with Crippen LogP contribution in [0.5, 0.6) is 0 Å². The van der Waals surface area contributed by atoms with Crippen LogP contribution in [0, 0.1) is 27.7 Å². The Bertz CT molecular complexity index is 6050. The Hall–Kier alpha value is -13.3. The van der Waals surface area contributed by atoms with E-state index in [1.807, 2.05) is 12.1 Å². The van der Waals surface area contributed by atoms with Crippen LogP contribution >= 0.6 is 0 Å². The molecule has 0 spiro atoms. The monoisotopic (exact) mass is 1360 g/mol. The second-order valence-electron chi connectivity index (χ2n) is 28.7. The van der Waals surface area contributed by atoms with Crippen molar-refractivity contribution in [3.05, 3.63) is 431 Å². The Labute approximate surface area is 617 Å². The number of para-hydroxylation sites is 4. The van der Waals surface area contributed by atoms with Crippen LogP contribution in [0.1, 0.15) is 66.8 Å². The maximum Gasteiger partial charge on any atom is 0.135 e. The Kier molecular flexibility index (Phi) is 14.6. The van der Waals surface area contributed by atoms with Crippen molar-refractivity contribution >= 4 is 78.0 Å². The van der Waals surface area contributed by atoms with Gasteiger partial charge in [0, 0.05) is 55.4 Å². The fourth-order valence-electron chi connectivity index (χ4n) is 18.3. The molecule has 2 aliphatic carbocycles. The fraction of sp³-hybridized carbons (Fsp3) is 0.0588. The molecule has 0 N–H and O–H groups in total. The van der Waals surface area contributed by atoms with Crippen LogP contribution in [0.15, 0.2) is 373 Å². The van der Waals surface area contributed by atoms with Gasteiger partial charge in [-0.05, 0) is 224 Å². The quantitative estimate of drug-likeness (QED) is 0.115. The Balaban J connectivity index is 0.770. The van der Waals surface area contributed by atoms with Crippen molar-refractivity contribution in [2.45, 2.75) is 38.5 Å². The van der Waals surface area contributed by atoms with Gasteiger partial charge >= 0.3 is 0 Å². The van der Waals surface area contributed by atoms with Gasteiger partial charge in [0.2, 0.25) is 0 Å². The van der Waals surface area contributed by atoms with Crippen molar-refractivity contribution < 1.29 is 8.83 Å². The Morgan fingerprint density at radius 1 is 0.217 bits per heavy atom. The molecule has 20 rings (SSSR count). The number of benzene rings is 16. The SMILES string of the molecule is Cc1cc(-c2ccc(N(c3ccc4c(c3)C(c3ccccc3)(c3ccccc3)c3ccccc3-4)c3c(C)cccc3-c3ccc4oc5ccccc5c4c3)c(C)c2)ccc1N(c1ccc2c(c1)C(c1ccccc1)(c1ccccc1)c1ccccc1-2)c1c(C)cccc1-c1ccc2oc3ccccc3c2c1. The Morgan fingerprint density at radius 3 is 0.943 bits per heavy atom. The number of nitrogens with zero attached hydrogens (tertiary/aromatic N) is 2. The molecule has 4 nitrogen and oxygen atoms in total. The molecule has 2 aliphatic rings. The van der Waals surface area contributed by atoms with Gasteiger partial charge in [-0.1, -0.05) is 279 Å². The van der Waals surface area contributed by atoms with Gasteiger partial charge in [0.1, 0.15) is 22.3 Å². The number of hydrogen-bond donors (Lipinski definition) is 0. The van der Waals surface area contributed by atoms with Gasteiger partial charge < -0.3 is 18.6 Å². The molecule has 16 aromatic carbocycles. The van der Waals surface area contributed by atoms with Gasteiger partial charge in [0.25, 0.3) is 0 Å². The highest BCUT2D eigenvalue weighted by molar-refractivity contribution is 6.09. The van der Waals surface area contributed by atoms with Crippen LogP contribution in [-0.4, -0.2) is 0 Å². The molecule has 0 saturated carbocycles. The summed E-state index contributed by atoms with van der Waals surface area (Å²) >= 11 is 0. The molecule has 502 valence electrons. The molecule has 2 heterocycles. The molecule has 18 aromatic rings. The van der Waals surface area contributed by atoms with Crippen LogP contribution in [0.4, 0.5) is 34.1 Å². The van der Waals surface area contributed by atoms with Crippen molar-refractivity contribution in [1.29, 1.82) is 0 Å². The number of fused-ring (bicyclic) bond motifs is 12. The molecule has 4 heteroatoms. The van der Waals surface area contributed by atoms with Crippen LogP contribution in [0.3, 0.4) is 0 Å². The largest absolute Gasteiger partial charge is 0.456 e. The van der Waals surface area contributed by atoms with Gasteiger partial charge in [-0.2, -0.15) is 0 Å². The number of aryl methyl sites for hydroxylation is 4. The van der Waals surface area contributed by atoms with Crippen molar-refractivity contribution in [2.24, 2.45) is 0 Å². The van der Waals surface area contributed by atoms with Gasteiger partial charge in [-0.25, -0.2) is 0 Å². The normalized spacial score (nSPS) is 13.1. The highest BCUT2D eigenvalue weighted by Crippen LogP contribution is 2.61. The summed E-state index contributed by atoms with van der Waals surface area (Å²) < 4.78 is 12.9. The molecule has 0 saturated heterocycles. The molecule has 2 aromatic heterocycles. The first-order valence-corrected chi connectivity index (χ1v) is 36.8. The summed E-state index contributed by atoms with van der Waals surface area (Å²) in [6.07, 6.45) is 0. The second-order valence-corrected chi connectivity index (χ2v) is 28.7. The third kappa shape index (κ3) is 9.54. The van der Waals surface area contributed by atoms with E-state index < -0.39 is 10.8 Å². The van der Waals surface area contributed by atoms with E-state index in [-0.39, 0.29) is 0 Å². The molecule has 0 bridgehead atoms. The van der Waals surface area contributed by atoms with Crippen LogP contribution in [-0.2, 0) is 10.8 Å². The average molecular weight is 1360 g/mol. The lowest BCUT2D eigenvalue weighted by Gasteiger charge is -2.36. The smallest absolute Gasteiger partial charge is 0.135 e. The predicted octanol–water partition coefficient (Wildman–Crippen LogP) is 27.4. The molecule has 0 radical (unpaired) electrons. The lowest BCUT2D eigenvalue weighted by atomic mass is 9.67. The minimum Gasteiger partial charge on any atom is -0.456 e. The van der Waals surface area contributed by atoms with E-state index in [0.29, 0.717) is 0 Å². The molecular formula is C102H72N2O2. The zero-order valence-electron chi connectivity index (χ0n) is 59.4. The summed E-state index contributed by atoms with van der Waals surface area (Å²) in [5, 5.41) is 4.39. The summed E-state index contributed by atoms with van der Waals surface area (Å²) in [6.45, 7) is 9.11. The number of furan rings is 2. The molecule has 0 atom stereocenters. The highest BCUT2D eigenvalue weighted by atomic mass is 16.3. The van der Waals surface area contributed by atoms with Gasteiger partial charge in [-0.15, -0.1) is 0 Å². The summed E-state index contributed by atoms with van der Waals surface area (Å²) in [5.74, 6) is 0. The van der Waals surface area contributed by atoms with Crippen molar-refractivity contribution in [1.82, 2.24) is 0 Å². The number of rotatable bonds is 13. The Morgan fingerprint density at radius 2 is 0.547 bits per heavy atom. The molecule has 0 fully saturated rings. The van der Waals surface area contributed by atoms with E-state index in [1.165, 1.54) is 66.8 Å². The van der Waals surface area contributed by atoms with Crippen LogP contribution in [0.25, 0.3) is 99.5 Å². The van der Waals surface area contributed by atoms with E-state index in [9.17, 15) is 0 Å². The minimum absolute atomic E-state index is 0.609. The summed E-state index contributed by atoms with van der Waals surface area (Å²) in [4.78, 5) is 5.09. The summed E-state index contributed by atoms with van der Waals surface area (Å²) in [5.41, 5.74) is 35.0. The topological polar surface area (TPSA) is 32.8 Å². The zero-order valence-corrected chi connectivity index (χ0v) is 59.4. The second kappa shape index (κ2) is 24.7. The number of anilines is 6. The maximum absolute atomic E-state index is 6.46. The van der Waals surface area contributed by atoms with Crippen molar-refractivity contribution in [3.63, 3.8) is 0 Å². The minimum atomic E-state index is -0.609. The van der Waals surface area contributed by atoms with E-state index in [0.717, 1.165) is 134 Å². The summed E-state index contributed by atoms with van der Waals surface area (Å²) in [7, 11) is 0. The fourth-order valence-corrected chi connectivity index (χ4v) is 18.3. The summed E-state index contributed by atoms with van der Waals surface area (Å²) in [6, 6.07) is 135. The van der Waals surface area contributed by atoms with Gasteiger partial charge in [0.15, 0.2) is 0 Å². The van der Waals surface area contributed by atoms with E-state index in [1.54, 1.807) is 0 Å². The molecular weight excluding hydrogens is 1290 g/mol. The lowest BCUT2D eigenvalue weighted by molar-refractivity contribution is 0.668. The first-order chi connectivity index (χ1) is 52.2. The first kappa shape index (κ1) is 62.5. The standard InChI is InChI=1S/C102H72N2O2/c1-65-27-25-41-79(71-49-57-97-87(61-71)85-39-19-23-45-95(85)105-97)99(65)103(77-51-53-83-81-37-17-21-43-89(81)101(91(83)63-77,73-29-9-5-10-30-73)74-31-11-6-12-32-74)93-55-47-69(59-67(93)3)70-48-56-94(68(4)60-70)104(100-66(2)28-26-42-80(100)72-50-58-98-88(62-72)86-40-20-24-46-96(86)106-98)78-52-54-84-82-38-18-22-44-90(82)102(92(84)64-78,75-33-13-7-14-34-75)76-35-15-8-16-36-76/h5-64H,1-4H3. The lowest BCUT2D eigenvalue weighted by Crippen LogP contribution is -2.28. The van der Waals surface area contributed by atoms with Gasteiger partial charge in [0.05, 0.1) is 22.2 Å². The van der Waals surface area contributed by atoms with E-state index >= 15 is 0 Å². The van der Waals surface area contributed by atoms with E-state index in [2.05, 4.69) is 389 Å². The van der Waals surface area contributed by atoms with Gasteiger partial charge in [-0.3, -0.25) is 0 Å². The molecule has 0 unspecified atom stereocenters. The third-order valence-corrected chi connectivity index (χ3v) is 22.9. The number of hydrogen-bond acceptors (Lipinski definition) is 4. The van der Waals surface area contributed by atoms with Crippen molar-refractivity contribution in [3.8, 4) is 55.6 Å². The zero-order chi connectivity index (χ0) is 70.8. The van der Waals surface area contributed by atoms with Crippen LogP contribution in [0.2, 0.25) is 0 Å². The third-order valence-electron chi connectivity index (χ3n) is 22.9. The van der Waals surface area contributed by atoms with E-state index in [4.69, 9.17) is 8.83 Å². The van der Waals surface area contributed by atoms with Crippen LogP contribution < -0.4 is 9.80 Å². The highest BCUT2D eigenvalue weighted by Gasteiger charge is 2.48. The van der Waals surface area contributed by atoms with Crippen molar-refractivity contribution in [2.75, 3.05) is 9.80 Å². The maximum atomic E-state index is 6.46. The first-order valence-electron chi connectivity index (χ1n) is 36.8.